The Labute approximate surface area is 109 Å². The standard InChI is InChI=1S/C12H22N2O2.ClH/c1-9(8-16-2)12(15)14-6-5-10-3-4-11(7-14)13-10;/h9-11,13H,3-8H2,1-2H3;1H. The van der Waals surface area contributed by atoms with Gasteiger partial charge in [-0.2, -0.15) is 0 Å². The van der Waals surface area contributed by atoms with Crippen molar-refractivity contribution >= 4 is 18.3 Å². The Balaban J connectivity index is 0.00000144. The maximum Gasteiger partial charge on any atom is 0.227 e. The number of amides is 1. The van der Waals surface area contributed by atoms with E-state index >= 15 is 0 Å². The summed E-state index contributed by atoms with van der Waals surface area (Å²) < 4.78 is 5.05. The van der Waals surface area contributed by atoms with Crippen molar-refractivity contribution in [2.24, 2.45) is 5.92 Å². The third kappa shape index (κ3) is 3.57. The van der Waals surface area contributed by atoms with Gasteiger partial charge in [0.05, 0.1) is 12.5 Å². The number of likely N-dealkylation sites (tertiary alicyclic amines) is 1. The molecule has 0 aromatic carbocycles. The summed E-state index contributed by atoms with van der Waals surface area (Å²) in [6, 6.07) is 1.16. The zero-order chi connectivity index (χ0) is 11.5. The molecule has 2 bridgehead atoms. The van der Waals surface area contributed by atoms with E-state index in [1.54, 1.807) is 7.11 Å². The fraction of sp³-hybridized carbons (Fsp3) is 0.917. The van der Waals surface area contributed by atoms with Crippen molar-refractivity contribution in [1.82, 2.24) is 10.2 Å². The number of hydrogen-bond acceptors (Lipinski definition) is 3. The average Bonchev–Trinajstić information content (AvgIpc) is 2.58. The Bertz CT molecular complexity index is 263. The van der Waals surface area contributed by atoms with E-state index in [1.165, 1.54) is 12.8 Å². The molecule has 0 aromatic heterocycles. The molecule has 3 unspecified atom stereocenters. The minimum atomic E-state index is -0.0124. The van der Waals surface area contributed by atoms with Crippen LogP contribution in [-0.4, -0.2) is 49.7 Å². The van der Waals surface area contributed by atoms with E-state index in [1.807, 2.05) is 11.8 Å². The van der Waals surface area contributed by atoms with Gasteiger partial charge in [0.2, 0.25) is 5.91 Å². The molecule has 2 heterocycles. The van der Waals surface area contributed by atoms with Crippen molar-refractivity contribution in [3.8, 4) is 0 Å². The molecule has 2 fully saturated rings. The van der Waals surface area contributed by atoms with Gasteiger partial charge in [-0.05, 0) is 19.3 Å². The van der Waals surface area contributed by atoms with Gasteiger partial charge in [-0.1, -0.05) is 6.92 Å². The summed E-state index contributed by atoms with van der Waals surface area (Å²) >= 11 is 0. The zero-order valence-corrected chi connectivity index (χ0v) is 11.5. The number of hydrogen-bond donors (Lipinski definition) is 1. The predicted molar refractivity (Wildman–Crippen MR) is 69.4 cm³/mol. The molecular weight excluding hydrogens is 240 g/mol. The fourth-order valence-corrected chi connectivity index (χ4v) is 2.78. The molecule has 100 valence electrons. The number of methoxy groups -OCH3 is 1. The predicted octanol–water partition coefficient (Wildman–Crippen LogP) is 1.04. The third-order valence-corrected chi connectivity index (χ3v) is 3.67. The first-order chi connectivity index (χ1) is 7.70. The number of rotatable bonds is 3. The zero-order valence-electron chi connectivity index (χ0n) is 10.6. The Kier molecular flexibility index (Phi) is 5.70. The highest BCUT2D eigenvalue weighted by atomic mass is 35.5. The summed E-state index contributed by atoms with van der Waals surface area (Å²) in [6.07, 6.45) is 3.59. The smallest absolute Gasteiger partial charge is 0.227 e. The molecule has 2 saturated heterocycles. The second-order valence-corrected chi connectivity index (χ2v) is 5.07. The van der Waals surface area contributed by atoms with Crippen molar-refractivity contribution in [3.63, 3.8) is 0 Å². The van der Waals surface area contributed by atoms with E-state index in [9.17, 15) is 4.79 Å². The lowest BCUT2D eigenvalue weighted by molar-refractivity contribution is -0.136. The highest BCUT2D eigenvalue weighted by Gasteiger charge is 2.32. The lowest BCUT2D eigenvalue weighted by Crippen LogP contribution is -2.42. The van der Waals surface area contributed by atoms with Gasteiger partial charge in [-0.3, -0.25) is 4.79 Å². The molecule has 2 rings (SSSR count). The number of halogens is 1. The van der Waals surface area contributed by atoms with Crippen LogP contribution in [0.3, 0.4) is 0 Å². The molecule has 3 atom stereocenters. The molecule has 1 N–H and O–H groups in total. The van der Waals surface area contributed by atoms with Gasteiger partial charge in [0, 0.05) is 32.3 Å². The number of nitrogens with one attached hydrogen (secondary N) is 1. The minimum Gasteiger partial charge on any atom is -0.384 e. The van der Waals surface area contributed by atoms with Crippen LogP contribution >= 0.6 is 12.4 Å². The van der Waals surface area contributed by atoms with Gasteiger partial charge in [-0.25, -0.2) is 0 Å². The Morgan fingerprint density at radius 1 is 1.41 bits per heavy atom. The molecule has 5 heteroatoms. The topological polar surface area (TPSA) is 41.6 Å². The van der Waals surface area contributed by atoms with Crippen molar-refractivity contribution < 1.29 is 9.53 Å². The molecule has 0 radical (unpaired) electrons. The highest BCUT2D eigenvalue weighted by molar-refractivity contribution is 5.85. The third-order valence-electron chi connectivity index (χ3n) is 3.67. The summed E-state index contributed by atoms with van der Waals surface area (Å²) in [5.41, 5.74) is 0. The van der Waals surface area contributed by atoms with Gasteiger partial charge in [0.15, 0.2) is 0 Å². The second-order valence-electron chi connectivity index (χ2n) is 5.07. The monoisotopic (exact) mass is 262 g/mol. The van der Waals surface area contributed by atoms with E-state index in [4.69, 9.17) is 4.74 Å². The highest BCUT2D eigenvalue weighted by Crippen LogP contribution is 2.21. The maximum atomic E-state index is 12.1. The molecule has 2 aliphatic heterocycles. The van der Waals surface area contributed by atoms with Crippen LogP contribution in [0, 0.1) is 5.92 Å². The van der Waals surface area contributed by atoms with E-state index in [0.717, 1.165) is 19.5 Å². The van der Waals surface area contributed by atoms with Crippen molar-refractivity contribution in [3.05, 3.63) is 0 Å². The summed E-state index contributed by atoms with van der Waals surface area (Å²) in [5, 5.41) is 3.58. The number of ether oxygens (including phenoxy) is 1. The lowest BCUT2D eigenvalue weighted by atomic mass is 10.1. The minimum absolute atomic E-state index is 0. The fourth-order valence-electron chi connectivity index (χ4n) is 2.78. The largest absolute Gasteiger partial charge is 0.384 e. The van der Waals surface area contributed by atoms with Crippen LogP contribution in [0.25, 0.3) is 0 Å². The van der Waals surface area contributed by atoms with Crippen molar-refractivity contribution in [2.75, 3.05) is 26.8 Å². The second kappa shape index (κ2) is 6.57. The van der Waals surface area contributed by atoms with Gasteiger partial charge in [0.25, 0.3) is 0 Å². The lowest BCUT2D eigenvalue weighted by Gasteiger charge is -2.26. The summed E-state index contributed by atoms with van der Waals surface area (Å²) in [4.78, 5) is 14.1. The van der Waals surface area contributed by atoms with Gasteiger partial charge in [-0.15, -0.1) is 12.4 Å². The molecule has 17 heavy (non-hydrogen) atoms. The molecule has 4 nitrogen and oxygen atoms in total. The molecule has 2 aliphatic rings. The quantitative estimate of drug-likeness (QED) is 0.827. The van der Waals surface area contributed by atoms with E-state index < -0.39 is 0 Å². The van der Waals surface area contributed by atoms with Crippen LogP contribution in [0.5, 0.6) is 0 Å². The SMILES string of the molecule is COCC(C)C(=O)N1CCC2CCC(C1)N2.Cl. The molecule has 0 saturated carbocycles. The average molecular weight is 263 g/mol. The Hall–Kier alpha value is -0.320. The van der Waals surface area contributed by atoms with Crippen LogP contribution < -0.4 is 5.32 Å². The van der Waals surface area contributed by atoms with E-state index in [2.05, 4.69) is 5.32 Å². The van der Waals surface area contributed by atoms with Gasteiger partial charge >= 0.3 is 0 Å². The molecule has 0 aromatic rings. The Morgan fingerprint density at radius 3 is 2.82 bits per heavy atom. The van der Waals surface area contributed by atoms with Crippen LogP contribution in [0.1, 0.15) is 26.2 Å². The first-order valence-corrected chi connectivity index (χ1v) is 6.24. The van der Waals surface area contributed by atoms with E-state index in [-0.39, 0.29) is 24.2 Å². The molecule has 1 amide bonds. The Morgan fingerprint density at radius 2 is 2.12 bits per heavy atom. The van der Waals surface area contributed by atoms with Crippen LogP contribution in [0.2, 0.25) is 0 Å². The molecule has 0 aliphatic carbocycles. The normalized spacial score (nSPS) is 29.4. The number of carbonyl (C=O) groups is 1. The summed E-state index contributed by atoms with van der Waals surface area (Å²) in [6.45, 7) is 4.25. The van der Waals surface area contributed by atoms with Crippen LogP contribution in [0.4, 0.5) is 0 Å². The van der Waals surface area contributed by atoms with Crippen molar-refractivity contribution in [1.29, 1.82) is 0 Å². The summed E-state index contributed by atoms with van der Waals surface area (Å²) in [5.74, 6) is 0.234. The van der Waals surface area contributed by atoms with Gasteiger partial charge < -0.3 is 15.0 Å². The maximum absolute atomic E-state index is 12.1. The van der Waals surface area contributed by atoms with E-state index in [0.29, 0.717) is 18.7 Å². The molecule has 0 spiro atoms. The van der Waals surface area contributed by atoms with Gasteiger partial charge in [0.1, 0.15) is 0 Å². The summed E-state index contributed by atoms with van der Waals surface area (Å²) in [7, 11) is 1.65. The first kappa shape index (κ1) is 14.7. The van der Waals surface area contributed by atoms with Crippen LogP contribution in [-0.2, 0) is 9.53 Å². The number of carbonyl (C=O) groups excluding carboxylic acids is 1. The number of nitrogens with zero attached hydrogens (tertiary/aromatic N) is 1. The first-order valence-electron chi connectivity index (χ1n) is 6.24. The molecular formula is C12H23ClN2O2. The number of fused-ring (bicyclic) bond motifs is 2. The van der Waals surface area contributed by atoms with Crippen LogP contribution in [0.15, 0.2) is 0 Å². The van der Waals surface area contributed by atoms with Crippen molar-refractivity contribution in [2.45, 2.75) is 38.3 Å².